The zero-order chi connectivity index (χ0) is 16.2. The summed E-state index contributed by atoms with van der Waals surface area (Å²) in [4.78, 5) is 37.5. The van der Waals surface area contributed by atoms with E-state index in [0.29, 0.717) is 12.8 Å². The maximum absolute atomic E-state index is 13.6. The summed E-state index contributed by atoms with van der Waals surface area (Å²) in [6.07, 6.45) is -2.85. The number of fused-ring (bicyclic) bond motifs is 2. The van der Waals surface area contributed by atoms with Gasteiger partial charge in [0.25, 0.3) is 0 Å². The Morgan fingerprint density at radius 3 is 2.45 bits per heavy atom. The molecule has 0 spiro atoms. The van der Waals surface area contributed by atoms with E-state index in [0.717, 1.165) is 9.80 Å². The van der Waals surface area contributed by atoms with Gasteiger partial charge in [0.15, 0.2) is 0 Å². The summed E-state index contributed by atoms with van der Waals surface area (Å²) in [6, 6.07) is -2.63. The van der Waals surface area contributed by atoms with E-state index in [4.69, 9.17) is 5.73 Å². The lowest BCUT2D eigenvalue weighted by molar-refractivity contribution is -0.143. The Hall–Kier alpha value is -1.90. The van der Waals surface area contributed by atoms with Crippen molar-refractivity contribution in [3.05, 3.63) is 0 Å². The number of nitrogens with two attached hydrogens (primary N) is 1. The number of nitrogens with zero attached hydrogens (tertiary/aromatic N) is 2. The molecule has 8 nitrogen and oxygen atoms in total. The van der Waals surface area contributed by atoms with Crippen molar-refractivity contribution in [3.8, 4) is 0 Å². The van der Waals surface area contributed by atoms with Crippen molar-refractivity contribution >= 4 is 17.9 Å². The molecule has 0 radical (unpaired) electrons. The van der Waals surface area contributed by atoms with Gasteiger partial charge in [0, 0.05) is 6.42 Å². The van der Waals surface area contributed by atoms with Crippen LogP contribution in [0, 0.1) is 5.92 Å². The van der Waals surface area contributed by atoms with E-state index in [1.165, 1.54) is 0 Å². The fraction of sp³-hybridized carbons (Fsp3) is 0.769. The first kappa shape index (κ1) is 15.0. The molecule has 3 amide bonds. The number of halogens is 1. The minimum absolute atomic E-state index is 0.155. The smallest absolute Gasteiger partial charge is 0.408 e. The molecule has 2 aliphatic heterocycles. The number of likely N-dealkylation sites (tertiary alicyclic amines) is 2. The molecule has 22 heavy (non-hydrogen) atoms. The Balaban J connectivity index is 1.85. The van der Waals surface area contributed by atoms with Gasteiger partial charge in [-0.3, -0.25) is 14.5 Å². The van der Waals surface area contributed by atoms with Crippen LogP contribution in [0.4, 0.5) is 9.18 Å². The second-order valence-corrected chi connectivity index (χ2v) is 6.24. The molecule has 3 fully saturated rings. The minimum atomic E-state index is -1.34. The number of alkyl halides is 1. The van der Waals surface area contributed by atoms with Crippen LogP contribution in [0.2, 0.25) is 0 Å². The number of piperidine rings is 1. The fourth-order valence-corrected chi connectivity index (χ4v) is 4.07. The Kier molecular flexibility index (Phi) is 3.47. The van der Waals surface area contributed by atoms with Crippen LogP contribution < -0.4 is 5.73 Å². The predicted molar refractivity (Wildman–Crippen MR) is 70.4 cm³/mol. The third kappa shape index (κ3) is 2.11. The largest absolute Gasteiger partial charge is 0.465 e. The molecule has 3 rings (SSSR count). The number of rotatable bonds is 2. The zero-order valence-corrected chi connectivity index (χ0v) is 11.8. The molecule has 1 saturated carbocycles. The molecule has 6 atom stereocenters. The van der Waals surface area contributed by atoms with Crippen LogP contribution in [0.1, 0.15) is 19.3 Å². The van der Waals surface area contributed by atoms with Gasteiger partial charge in [-0.2, -0.15) is 0 Å². The van der Waals surface area contributed by atoms with Crippen molar-refractivity contribution in [1.82, 2.24) is 9.80 Å². The highest BCUT2D eigenvalue weighted by atomic mass is 19.1. The van der Waals surface area contributed by atoms with Gasteiger partial charge in [-0.05, 0) is 18.8 Å². The molecule has 2 bridgehead atoms. The summed E-state index contributed by atoms with van der Waals surface area (Å²) in [5, 5.41) is 19.1. The number of carboxylic acid groups (broad SMARTS) is 1. The highest BCUT2D eigenvalue weighted by Crippen LogP contribution is 2.43. The van der Waals surface area contributed by atoms with Crippen LogP contribution in [-0.2, 0) is 9.59 Å². The quantitative estimate of drug-likeness (QED) is 0.597. The van der Waals surface area contributed by atoms with E-state index in [1.54, 1.807) is 0 Å². The number of aliphatic hydroxyl groups excluding tert-OH is 1. The van der Waals surface area contributed by atoms with Crippen LogP contribution in [0.5, 0.6) is 0 Å². The van der Waals surface area contributed by atoms with E-state index >= 15 is 0 Å². The van der Waals surface area contributed by atoms with Crippen molar-refractivity contribution in [2.75, 3.05) is 6.54 Å². The summed E-state index contributed by atoms with van der Waals surface area (Å²) in [7, 11) is 0. The van der Waals surface area contributed by atoms with Gasteiger partial charge in [-0.1, -0.05) is 0 Å². The van der Waals surface area contributed by atoms with Crippen LogP contribution >= 0.6 is 0 Å². The van der Waals surface area contributed by atoms with Gasteiger partial charge in [0.2, 0.25) is 11.8 Å². The molecule has 4 N–H and O–H groups in total. The first-order valence-corrected chi connectivity index (χ1v) is 7.24. The molecule has 122 valence electrons. The average Bonchev–Trinajstić information content (AvgIpc) is 3.08. The van der Waals surface area contributed by atoms with Crippen molar-refractivity contribution in [3.63, 3.8) is 0 Å². The number of amides is 3. The van der Waals surface area contributed by atoms with Crippen LogP contribution in [0.3, 0.4) is 0 Å². The van der Waals surface area contributed by atoms with E-state index in [9.17, 15) is 29.0 Å². The van der Waals surface area contributed by atoms with Crippen LogP contribution in [0.15, 0.2) is 0 Å². The first-order valence-electron chi connectivity index (χ1n) is 7.24. The number of aliphatic hydroxyl groups is 1. The van der Waals surface area contributed by atoms with Gasteiger partial charge >= 0.3 is 6.09 Å². The normalized spacial score (nSPS) is 40.3. The van der Waals surface area contributed by atoms with E-state index in [1.807, 2.05) is 0 Å². The molecule has 2 heterocycles. The fourth-order valence-electron chi connectivity index (χ4n) is 4.07. The first-order chi connectivity index (χ1) is 10.3. The second-order valence-electron chi connectivity index (χ2n) is 6.24. The number of carbonyl (C=O) groups is 3. The lowest BCUT2D eigenvalue weighted by Gasteiger charge is -2.37. The maximum Gasteiger partial charge on any atom is 0.408 e. The van der Waals surface area contributed by atoms with Crippen molar-refractivity contribution in [1.29, 1.82) is 0 Å². The standard InChI is InChI=1S/C13H18FN3O5/c14-6-3-8(11(15)19)16(4-6)12(20)10-5-1-7(9(18)2-5)17(10)13(21)22/h5-10,18H,1-4H2,(H2,15,19)(H,21,22)/t5-,6-,7+,8-,9+,10-/m0/s1. The Morgan fingerprint density at radius 1 is 1.18 bits per heavy atom. The van der Waals surface area contributed by atoms with Gasteiger partial charge < -0.3 is 20.8 Å². The Morgan fingerprint density at radius 2 is 1.86 bits per heavy atom. The van der Waals surface area contributed by atoms with Crippen molar-refractivity contribution in [2.24, 2.45) is 11.7 Å². The molecule has 0 aromatic carbocycles. The van der Waals surface area contributed by atoms with E-state index < -0.39 is 48.3 Å². The molecule has 9 heteroatoms. The number of hydrogen-bond donors (Lipinski definition) is 3. The maximum atomic E-state index is 13.6. The second kappa shape index (κ2) is 5.08. The topological polar surface area (TPSA) is 124 Å². The van der Waals surface area contributed by atoms with Gasteiger partial charge in [0.1, 0.15) is 18.3 Å². The monoisotopic (exact) mass is 315 g/mol. The summed E-state index contributed by atoms with van der Waals surface area (Å²) in [6.45, 7) is -0.254. The zero-order valence-electron chi connectivity index (χ0n) is 11.8. The lowest BCUT2D eigenvalue weighted by atomic mass is 9.96. The summed E-state index contributed by atoms with van der Waals surface area (Å²) >= 11 is 0. The van der Waals surface area contributed by atoms with Crippen LogP contribution in [-0.4, -0.2) is 74.9 Å². The van der Waals surface area contributed by atoms with Crippen molar-refractivity contribution in [2.45, 2.75) is 49.7 Å². The SMILES string of the molecule is NC(=O)[C@@H]1C[C@H](F)CN1C(=O)[C@@H]1[C@@H]2C[C@@H](O)[C@@H](C2)N1C(=O)O. The molecular weight excluding hydrogens is 297 g/mol. The van der Waals surface area contributed by atoms with E-state index in [2.05, 4.69) is 0 Å². The Labute approximate surface area is 125 Å². The molecule has 1 aliphatic carbocycles. The Bertz CT molecular complexity index is 530. The molecular formula is C13H18FN3O5. The lowest BCUT2D eigenvalue weighted by Crippen LogP contribution is -2.58. The number of carbonyl (C=O) groups excluding carboxylic acids is 2. The summed E-state index contributed by atoms with van der Waals surface area (Å²) < 4.78 is 13.6. The predicted octanol–water partition coefficient (Wildman–Crippen LogP) is -1.09. The number of hydrogen-bond acceptors (Lipinski definition) is 4. The van der Waals surface area contributed by atoms with Crippen molar-refractivity contribution < 1.29 is 29.0 Å². The molecule has 3 aliphatic rings. The molecule has 0 unspecified atom stereocenters. The van der Waals surface area contributed by atoms with Gasteiger partial charge in [-0.15, -0.1) is 0 Å². The highest BCUT2D eigenvalue weighted by Gasteiger charge is 2.57. The highest BCUT2D eigenvalue weighted by molar-refractivity contribution is 5.92. The summed E-state index contributed by atoms with van der Waals surface area (Å²) in [5.41, 5.74) is 5.21. The van der Waals surface area contributed by atoms with Gasteiger partial charge in [-0.25, -0.2) is 9.18 Å². The van der Waals surface area contributed by atoms with Crippen LogP contribution in [0.25, 0.3) is 0 Å². The molecule has 0 aromatic heterocycles. The molecule has 0 aromatic rings. The molecule has 2 saturated heterocycles. The third-order valence-corrected chi connectivity index (χ3v) is 4.97. The minimum Gasteiger partial charge on any atom is -0.465 e. The summed E-state index contributed by atoms with van der Waals surface area (Å²) in [5.74, 6) is -1.69. The number of primary amides is 1. The average molecular weight is 315 g/mol. The van der Waals surface area contributed by atoms with Gasteiger partial charge in [0.05, 0.1) is 18.7 Å². The third-order valence-electron chi connectivity index (χ3n) is 4.97. The van der Waals surface area contributed by atoms with E-state index in [-0.39, 0.29) is 18.9 Å².